The second-order valence-corrected chi connectivity index (χ2v) is 6.85. The number of nitrogens with zero attached hydrogens (tertiary/aromatic N) is 1. The van der Waals surface area contributed by atoms with Crippen LogP contribution in [-0.2, 0) is 4.79 Å². The predicted molar refractivity (Wildman–Crippen MR) is 101 cm³/mol. The Bertz CT molecular complexity index is 748. The molecule has 0 unspecified atom stereocenters. The topological polar surface area (TPSA) is 41.6 Å². The van der Waals surface area contributed by atoms with Crippen LogP contribution in [0.2, 0.25) is 0 Å². The highest BCUT2D eigenvalue weighted by Crippen LogP contribution is 2.31. The van der Waals surface area contributed by atoms with Crippen molar-refractivity contribution in [2.45, 2.75) is 19.3 Å². The molecule has 0 radical (unpaired) electrons. The summed E-state index contributed by atoms with van der Waals surface area (Å²) in [7, 11) is 0. The van der Waals surface area contributed by atoms with Crippen molar-refractivity contribution < 1.29 is 13.9 Å². The van der Waals surface area contributed by atoms with Gasteiger partial charge in [0.25, 0.3) is 0 Å². The van der Waals surface area contributed by atoms with E-state index in [0.717, 1.165) is 36.1 Å². The van der Waals surface area contributed by atoms with Crippen molar-refractivity contribution in [1.29, 1.82) is 0 Å². The quantitative estimate of drug-likeness (QED) is 0.762. The number of nitrogens with one attached hydrogen (secondary N) is 1. The maximum Gasteiger partial charge on any atom is 0.227 e. The summed E-state index contributed by atoms with van der Waals surface area (Å²) in [5.41, 5.74) is 1.01. The molecular weight excluding hydrogens is 387 g/mol. The van der Waals surface area contributed by atoms with Gasteiger partial charge in [-0.1, -0.05) is 28.1 Å². The fourth-order valence-electron chi connectivity index (χ4n) is 2.88. The molecule has 2 aromatic rings. The number of halogens is 2. The van der Waals surface area contributed by atoms with Gasteiger partial charge in [0.05, 0.1) is 18.7 Å². The van der Waals surface area contributed by atoms with Gasteiger partial charge >= 0.3 is 0 Å². The van der Waals surface area contributed by atoms with Gasteiger partial charge in [-0.05, 0) is 43.2 Å². The average Bonchev–Trinajstić information content (AvgIpc) is 3.11. The van der Waals surface area contributed by atoms with Crippen molar-refractivity contribution in [1.82, 2.24) is 0 Å². The van der Waals surface area contributed by atoms with Gasteiger partial charge in [-0.3, -0.25) is 4.79 Å². The predicted octanol–water partition coefficient (Wildman–Crippen LogP) is 4.60. The van der Waals surface area contributed by atoms with E-state index in [1.165, 1.54) is 6.07 Å². The van der Waals surface area contributed by atoms with Gasteiger partial charge in [-0.25, -0.2) is 4.39 Å². The molecule has 6 heteroatoms. The molecule has 1 N–H and O–H groups in total. The zero-order valence-electron chi connectivity index (χ0n) is 13.8. The number of carbonyl (C=O) groups is 1. The summed E-state index contributed by atoms with van der Waals surface area (Å²) in [5.74, 6) is 0.0111. The van der Waals surface area contributed by atoms with Gasteiger partial charge in [0.1, 0.15) is 17.3 Å². The van der Waals surface area contributed by atoms with E-state index in [1.807, 2.05) is 30.3 Å². The van der Waals surface area contributed by atoms with Crippen LogP contribution in [0.5, 0.6) is 5.75 Å². The van der Waals surface area contributed by atoms with Crippen LogP contribution >= 0.6 is 15.9 Å². The molecule has 3 rings (SSSR count). The summed E-state index contributed by atoms with van der Waals surface area (Å²) < 4.78 is 20.7. The summed E-state index contributed by atoms with van der Waals surface area (Å²) in [6, 6.07) is 12.3. The van der Waals surface area contributed by atoms with E-state index in [-0.39, 0.29) is 24.6 Å². The first-order valence-electron chi connectivity index (χ1n) is 8.35. The molecule has 0 atom stereocenters. The molecule has 25 heavy (non-hydrogen) atoms. The van der Waals surface area contributed by atoms with Crippen LogP contribution in [0, 0.1) is 5.82 Å². The first-order chi connectivity index (χ1) is 12.1. The Morgan fingerprint density at radius 3 is 2.72 bits per heavy atom. The maximum absolute atomic E-state index is 14.2. The minimum Gasteiger partial charge on any atom is -0.493 e. The van der Waals surface area contributed by atoms with Crippen LogP contribution < -0.4 is 15.0 Å². The van der Waals surface area contributed by atoms with Gasteiger partial charge < -0.3 is 15.0 Å². The lowest BCUT2D eigenvalue weighted by molar-refractivity contribution is -0.116. The lowest BCUT2D eigenvalue weighted by Crippen LogP contribution is -2.22. The zero-order valence-corrected chi connectivity index (χ0v) is 15.4. The Morgan fingerprint density at radius 2 is 1.96 bits per heavy atom. The largest absolute Gasteiger partial charge is 0.493 e. The number of carbonyl (C=O) groups excluding carboxylic acids is 1. The highest BCUT2D eigenvalue weighted by molar-refractivity contribution is 9.10. The summed E-state index contributed by atoms with van der Waals surface area (Å²) >= 11 is 3.37. The molecule has 0 aliphatic carbocycles. The normalized spacial score (nSPS) is 13.8. The van der Waals surface area contributed by atoms with Crippen LogP contribution in [0.3, 0.4) is 0 Å². The number of hydrogen-bond acceptors (Lipinski definition) is 3. The highest BCUT2D eigenvalue weighted by atomic mass is 79.9. The lowest BCUT2D eigenvalue weighted by Gasteiger charge is -2.22. The van der Waals surface area contributed by atoms with Gasteiger partial charge in [0, 0.05) is 17.6 Å². The molecule has 2 aromatic carbocycles. The van der Waals surface area contributed by atoms with E-state index >= 15 is 0 Å². The van der Waals surface area contributed by atoms with Gasteiger partial charge in [-0.2, -0.15) is 0 Å². The molecule has 0 bridgehead atoms. The third-order valence-corrected chi connectivity index (χ3v) is 4.59. The number of ether oxygens (including phenoxy) is 1. The summed E-state index contributed by atoms with van der Waals surface area (Å²) in [4.78, 5) is 14.3. The number of rotatable bonds is 6. The molecule has 1 amide bonds. The van der Waals surface area contributed by atoms with Crippen molar-refractivity contribution in [3.8, 4) is 5.75 Å². The third kappa shape index (κ3) is 4.72. The molecular formula is C19H20BrFN2O2. The van der Waals surface area contributed by atoms with Gasteiger partial charge in [0.15, 0.2) is 0 Å². The second kappa shape index (κ2) is 8.34. The molecule has 0 aromatic heterocycles. The molecule has 1 aliphatic heterocycles. The van der Waals surface area contributed by atoms with Crippen molar-refractivity contribution in [2.24, 2.45) is 0 Å². The zero-order chi connectivity index (χ0) is 17.6. The van der Waals surface area contributed by atoms with E-state index < -0.39 is 5.82 Å². The van der Waals surface area contributed by atoms with E-state index in [2.05, 4.69) is 26.1 Å². The summed E-state index contributed by atoms with van der Waals surface area (Å²) in [6.45, 7) is 2.01. The fraction of sp³-hybridized carbons (Fsp3) is 0.316. The Kier molecular flexibility index (Phi) is 5.91. The number of benzene rings is 2. The molecule has 1 fully saturated rings. The third-order valence-electron chi connectivity index (χ3n) is 4.10. The monoisotopic (exact) mass is 406 g/mol. The van der Waals surface area contributed by atoms with Gasteiger partial charge in [-0.15, -0.1) is 0 Å². The minimum atomic E-state index is -0.411. The first-order valence-corrected chi connectivity index (χ1v) is 9.14. The van der Waals surface area contributed by atoms with Crippen LogP contribution in [0.25, 0.3) is 0 Å². The number of para-hydroxylation sites is 1. The number of amides is 1. The van der Waals surface area contributed by atoms with E-state index in [4.69, 9.17) is 4.74 Å². The van der Waals surface area contributed by atoms with E-state index in [1.54, 1.807) is 6.07 Å². The molecule has 0 saturated carbocycles. The Hall–Kier alpha value is -2.08. The molecule has 4 nitrogen and oxygen atoms in total. The summed E-state index contributed by atoms with van der Waals surface area (Å²) in [5, 5.41) is 2.71. The van der Waals surface area contributed by atoms with Crippen LogP contribution in [0.1, 0.15) is 19.3 Å². The van der Waals surface area contributed by atoms with Gasteiger partial charge in [0.2, 0.25) is 5.91 Å². The Balaban J connectivity index is 1.59. The standard InChI is InChI=1S/C19H20BrFN2O2/c20-14-5-3-6-15(13-14)25-12-9-18(24)22-19-16(21)7-4-8-17(19)23-10-1-2-11-23/h3-8,13H,1-2,9-12H2,(H,22,24). The molecule has 132 valence electrons. The van der Waals surface area contributed by atoms with Crippen LogP contribution in [0.4, 0.5) is 15.8 Å². The molecule has 0 spiro atoms. The summed E-state index contributed by atoms with van der Waals surface area (Å²) in [6.07, 6.45) is 2.33. The number of anilines is 2. The SMILES string of the molecule is O=C(CCOc1cccc(Br)c1)Nc1c(F)cccc1N1CCCC1. The minimum absolute atomic E-state index is 0.153. The van der Waals surface area contributed by atoms with Crippen molar-refractivity contribution >= 4 is 33.2 Å². The lowest BCUT2D eigenvalue weighted by atomic mass is 10.2. The van der Waals surface area contributed by atoms with Crippen molar-refractivity contribution in [2.75, 3.05) is 29.9 Å². The average molecular weight is 407 g/mol. The molecule has 1 saturated heterocycles. The Morgan fingerprint density at radius 1 is 1.20 bits per heavy atom. The first kappa shape index (κ1) is 17.7. The molecule has 1 heterocycles. The van der Waals surface area contributed by atoms with E-state index in [9.17, 15) is 9.18 Å². The van der Waals surface area contributed by atoms with Crippen LogP contribution in [-0.4, -0.2) is 25.6 Å². The highest BCUT2D eigenvalue weighted by Gasteiger charge is 2.19. The Labute approximate surface area is 155 Å². The van der Waals surface area contributed by atoms with E-state index in [0.29, 0.717) is 5.75 Å². The van der Waals surface area contributed by atoms with Crippen LogP contribution in [0.15, 0.2) is 46.9 Å². The van der Waals surface area contributed by atoms with Crippen molar-refractivity contribution in [3.05, 3.63) is 52.8 Å². The van der Waals surface area contributed by atoms with Crippen molar-refractivity contribution in [3.63, 3.8) is 0 Å². The maximum atomic E-state index is 14.2. The molecule has 1 aliphatic rings. The number of hydrogen-bond donors (Lipinski definition) is 1. The fourth-order valence-corrected chi connectivity index (χ4v) is 3.26. The smallest absolute Gasteiger partial charge is 0.227 e. The second-order valence-electron chi connectivity index (χ2n) is 5.93.